The van der Waals surface area contributed by atoms with Gasteiger partial charge in [0.15, 0.2) is 0 Å². The number of alkyl halides is 3. The minimum absolute atomic E-state index is 0.0105. The molecule has 1 saturated heterocycles. The van der Waals surface area contributed by atoms with Gasteiger partial charge in [-0.1, -0.05) is 28.1 Å². The molecule has 1 saturated carbocycles. The predicted octanol–water partition coefficient (Wildman–Crippen LogP) is 3.41. The first kappa shape index (κ1) is 21.6. The molecule has 0 unspecified atom stereocenters. The number of imide groups is 1. The summed E-state index contributed by atoms with van der Waals surface area (Å²) in [5.74, 6) is -1.57. The van der Waals surface area contributed by atoms with Crippen molar-refractivity contribution in [1.82, 2.24) is 15.1 Å². The lowest BCUT2D eigenvalue weighted by molar-refractivity contribution is -0.166. The molecule has 29 heavy (non-hydrogen) atoms. The van der Waals surface area contributed by atoms with E-state index >= 15 is 0 Å². The fourth-order valence-corrected chi connectivity index (χ4v) is 3.95. The lowest BCUT2D eigenvalue weighted by Gasteiger charge is -2.31. The van der Waals surface area contributed by atoms with E-state index in [9.17, 15) is 27.6 Å². The third-order valence-electron chi connectivity index (χ3n) is 5.44. The van der Waals surface area contributed by atoms with Gasteiger partial charge in [-0.25, -0.2) is 4.79 Å². The SMILES string of the molecule is C[C@@H](C1CC1)N(CC(F)(F)F)C(=O)CN1C(=O)N[C@@](C)(c2cccc(Br)c2)C1=O. The van der Waals surface area contributed by atoms with Crippen LogP contribution in [0.25, 0.3) is 0 Å². The molecule has 0 aromatic heterocycles. The Labute approximate surface area is 174 Å². The summed E-state index contributed by atoms with van der Waals surface area (Å²) in [6.07, 6.45) is -3.05. The second-order valence-corrected chi connectivity index (χ2v) is 8.59. The molecule has 2 aliphatic rings. The largest absolute Gasteiger partial charge is 0.406 e. The van der Waals surface area contributed by atoms with Crippen LogP contribution in [0.5, 0.6) is 0 Å². The molecule has 3 rings (SSSR count). The van der Waals surface area contributed by atoms with Crippen molar-refractivity contribution in [2.45, 2.75) is 44.4 Å². The van der Waals surface area contributed by atoms with E-state index in [1.807, 2.05) is 0 Å². The van der Waals surface area contributed by atoms with Crippen molar-refractivity contribution < 1.29 is 27.6 Å². The van der Waals surface area contributed by atoms with Crippen molar-refractivity contribution in [3.8, 4) is 0 Å². The molecular formula is C19H21BrF3N3O3. The summed E-state index contributed by atoms with van der Waals surface area (Å²) in [6, 6.07) is 5.34. The molecule has 1 aromatic carbocycles. The molecule has 10 heteroatoms. The smallest absolute Gasteiger partial charge is 0.329 e. The van der Waals surface area contributed by atoms with E-state index < -0.39 is 48.7 Å². The van der Waals surface area contributed by atoms with Gasteiger partial charge in [-0.3, -0.25) is 14.5 Å². The number of carbonyl (C=O) groups is 3. The zero-order valence-corrected chi connectivity index (χ0v) is 17.5. The normalized spacial score (nSPS) is 23.2. The van der Waals surface area contributed by atoms with Gasteiger partial charge in [-0.15, -0.1) is 0 Å². The molecule has 0 radical (unpaired) electrons. The average molecular weight is 476 g/mol. The van der Waals surface area contributed by atoms with Crippen molar-refractivity contribution >= 4 is 33.8 Å². The molecule has 0 spiro atoms. The molecule has 1 aliphatic heterocycles. The Hall–Kier alpha value is -2.10. The molecule has 158 valence electrons. The Morgan fingerprint density at radius 3 is 2.59 bits per heavy atom. The van der Waals surface area contributed by atoms with E-state index in [4.69, 9.17) is 0 Å². The first-order chi connectivity index (χ1) is 13.4. The molecule has 2 fully saturated rings. The maximum Gasteiger partial charge on any atom is 0.406 e. The van der Waals surface area contributed by atoms with Gasteiger partial charge in [0.2, 0.25) is 5.91 Å². The van der Waals surface area contributed by atoms with Crippen LogP contribution in [-0.2, 0) is 15.1 Å². The summed E-state index contributed by atoms with van der Waals surface area (Å²) in [4.78, 5) is 39.5. The van der Waals surface area contributed by atoms with Crippen LogP contribution in [-0.4, -0.2) is 53.0 Å². The van der Waals surface area contributed by atoms with E-state index in [1.165, 1.54) is 6.92 Å². The standard InChI is InChI=1S/C19H21BrF3N3O3/c1-11(12-6-7-12)26(10-19(21,22)23)15(27)9-25-16(28)18(2,24-17(25)29)13-4-3-5-14(20)8-13/h3-5,8,11-12H,6-7,9-10H2,1-2H3,(H,24,29)/t11-,18-/m0/s1. The Morgan fingerprint density at radius 2 is 2.03 bits per heavy atom. The highest BCUT2D eigenvalue weighted by atomic mass is 79.9. The van der Waals surface area contributed by atoms with Gasteiger partial charge in [0.25, 0.3) is 5.91 Å². The topological polar surface area (TPSA) is 69.7 Å². The summed E-state index contributed by atoms with van der Waals surface area (Å²) in [5.41, 5.74) is -0.906. The zero-order chi connectivity index (χ0) is 21.6. The van der Waals surface area contributed by atoms with Crippen LogP contribution >= 0.6 is 15.9 Å². The summed E-state index contributed by atoms with van der Waals surface area (Å²) in [7, 11) is 0. The average Bonchev–Trinajstić information content (AvgIpc) is 3.44. The lowest BCUT2D eigenvalue weighted by Crippen LogP contribution is -2.50. The summed E-state index contributed by atoms with van der Waals surface area (Å²) in [6.45, 7) is 0.927. The molecular weight excluding hydrogens is 455 g/mol. The van der Waals surface area contributed by atoms with Crippen LogP contribution in [0.2, 0.25) is 0 Å². The van der Waals surface area contributed by atoms with E-state index in [0.717, 1.165) is 17.7 Å². The number of benzene rings is 1. The molecule has 6 nitrogen and oxygen atoms in total. The van der Waals surface area contributed by atoms with E-state index in [0.29, 0.717) is 14.9 Å². The molecule has 0 bridgehead atoms. The van der Waals surface area contributed by atoms with E-state index in [1.54, 1.807) is 31.2 Å². The number of amides is 4. The summed E-state index contributed by atoms with van der Waals surface area (Å²) in [5, 5.41) is 2.55. The molecule has 2 atom stereocenters. The van der Waals surface area contributed by atoms with Crippen molar-refractivity contribution in [1.29, 1.82) is 0 Å². The van der Waals surface area contributed by atoms with Crippen molar-refractivity contribution in [2.75, 3.05) is 13.1 Å². The third kappa shape index (κ3) is 4.57. The number of hydrogen-bond acceptors (Lipinski definition) is 3. The van der Waals surface area contributed by atoms with Crippen molar-refractivity contribution in [3.63, 3.8) is 0 Å². The second-order valence-electron chi connectivity index (χ2n) is 7.67. The minimum atomic E-state index is -4.57. The van der Waals surface area contributed by atoms with Crippen LogP contribution in [0.3, 0.4) is 0 Å². The predicted molar refractivity (Wildman–Crippen MR) is 102 cm³/mol. The van der Waals surface area contributed by atoms with Gasteiger partial charge in [0, 0.05) is 10.5 Å². The van der Waals surface area contributed by atoms with Gasteiger partial charge in [-0.05, 0) is 50.3 Å². The first-order valence-corrected chi connectivity index (χ1v) is 9.98. The maximum absolute atomic E-state index is 13.0. The highest BCUT2D eigenvalue weighted by Gasteiger charge is 2.50. The number of nitrogens with one attached hydrogen (secondary N) is 1. The molecule has 1 N–H and O–H groups in total. The number of nitrogens with zero attached hydrogens (tertiary/aromatic N) is 2. The van der Waals surface area contributed by atoms with Crippen molar-refractivity contribution in [2.24, 2.45) is 5.92 Å². The number of hydrogen-bond donors (Lipinski definition) is 1. The van der Waals surface area contributed by atoms with E-state index in [-0.39, 0.29) is 5.92 Å². The lowest BCUT2D eigenvalue weighted by atomic mass is 9.92. The Bertz CT molecular complexity index is 843. The summed E-state index contributed by atoms with van der Waals surface area (Å²) < 4.78 is 39.7. The first-order valence-electron chi connectivity index (χ1n) is 9.19. The fraction of sp³-hybridized carbons (Fsp3) is 0.526. The van der Waals surface area contributed by atoms with Gasteiger partial charge in [-0.2, -0.15) is 13.2 Å². The van der Waals surface area contributed by atoms with Crippen LogP contribution in [0.15, 0.2) is 28.7 Å². The molecule has 1 aliphatic carbocycles. The number of urea groups is 1. The molecule has 1 heterocycles. The highest BCUT2D eigenvalue weighted by molar-refractivity contribution is 9.10. The Morgan fingerprint density at radius 1 is 1.38 bits per heavy atom. The minimum Gasteiger partial charge on any atom is -0.329 e. The number of carbonyl (C=O) groups excluding carboxylic acids is 3. The van der Waals surface area contributed by atoms with Crippen molar-refractivity contribution in [3.05, 3.63) is 34.3 Å². The quantitative estimate of drug-likeness (QED) is 0.641. The fourth-order valence-electron chi connectivity index (χ4n) is 3.55. The van der Waals surface area contributed by atoms with Crippen LogP contribution in [0.4, 0.5) is 18.0 Å². The Kier molecular flexibility index (Phi) is 5.68. The maximum atomic E-state index is 13.0. The summed E-state index contributed by atoms with van der Waals surface area (Å²) >= 11 is 3.30. The monoisotopic (exact) mass is 475 g/mol. The second kappa shape index (κ2) is 7.62. The number of halogens is 4. The Balaban J connectivity index is 1.80. The zero-order valence-electron chi connectivity index (χ0n) is 15.9. The highest BCUT2D eigenvalue weighted by Crippen LogP contribution is 2.36. The van der Waals surface area contributed by atoms with Crippen LogP contribution < -0.4 is 5.32 Å². The number of rotatable bonds is 6. The van der Waals surface area contributed by atoms with Gasteiger partial charge in [0.1, 0.15) is 18.6 Å². The van der Waals surface area contributed by atoms with Gasteiger partial charge in [0.05, 0.1) is 0 Å². The molecule has 1 aromatic rings. The molecule has 4 amide bonds. The van der Waals surface area contributed by atoms with E-state index in [2.05, 4.69) is 21.2 Å². The third-order valence-corrected chi connectivity index (χ3v) is 5.93. The van der Waals surface area contributed by atoms with Gasteiger partial charge >= 0.3 is 12.2 Å². The van der Waals surface area contributed by atoms with Crippen LogP contribution in [0.1, 0.15) is 32.3 Å². The van der Waals surface area contributed by atoms with Gasteiger partial charge < -0.3 is 10.2 Å². The van der Waals surface area contributed by atoms with Crippen LogP contribution in [0, 0.1) is 5.92 Å².